The third kappa shape index (κ3) is 16.6. The van der Waals surface area contributed by atoms with Gasteiger partial charge in [-0.25, -0.2) is 0 Å². The van der Waals surface area contributed by atoms with Crippen molar-refractivity contribution in [1.29, 1.82) is 0 Å². The number of nitrogens with one attached hydrogen (secondary N) is 1. The Labute approximate surface area is 33.1 Å². The second-order valence-electron chi connectivity index (χ2n) is 0.487. The molecule has 0 saturated heterocycles. The Kier molecular flexibility index (Phi) is 16.0. The van der Waals surface area contributed by atoms with Crippen LogP contribution >= 0.6 is 0 Å². The topological polar surface area (TPSA) is 12.0 Å². The molecule has 0 aliphatic heterocycles. The van der Waals surface area contributed by atoms with Crippen LogP contribution < -0.4 is 5.54 Å². The average molecular weight is 73.9 g/mol. The van der Waals surface area contributed by atoms with Gasteiger partial charge in [0, 0.05) is 15.0 Å². The van der Waals surface area contributed by atoms with Crippen LogP contribution in [0.2, 0.25) is 0 Å². The van der Waals surface area contributed by atoms with Gasteiger partial charge in [-0.2, -0.15) is 5.54 Å². The number of hydrogen-bond acceptors (Lipinski definition) is 1. The standard InChI is InChI=1S/C2H6FN.B/c1-2-4-3;/h4H,2H2,1H3;. The van der Waals surface area contributed by atoms with Crippen LogP contribution in [0, 0.1) is 0 Å². The van der Waals surface area contributed by atoms with E-state index in [4.69, 9.17) is 0 Å². The van der Waals surface area contributed by atoms with Crippen LogP contribution in [0.5, 0.6) is 0 Å². The summed E-state index contributed by atoms with van der Waals surface area (Å²) in [6.07, 6.45) is 0. The molecule has 0 atom stereocenters. The maximum atomic E-state index is 10.5. The molecule has 3 radical (unpaired) electrons. The van der Waals surface area contributed by atoms with Crippen molar-refractivity contribution < 1.29 is 4.48 Å². The van der Waals surface area contributed by atoms with Crippen LogP contribution in [-0.4, -0.2) is 15.0 Å². The van der Waals surface area contributed by atoms with Crippen LogP contribution in [-0.2, 0) is 0 Å². The number of rotatable bonds is 1. The van der Waals surface area contributed by atoms with E-state index < -0.39 is 0 Å². The molecule has 1 nitrogen and oxygen atoms in total. The zero-order chi connectivity index (χ0) is 3.41. The van der Waals surface area contributed by atoms with Gasteiger partial charge in [-0.05, 0) is 0 Å². The highest BCUT2D eigenvalue weighted by atomic mass is 19.2. The second-order valence-corrected chi connectivity index (χ2v) is 0.487. The highest BCUT2D eigenvalue weighted by Gasteiger charge is 1.55. The van der Waals surface area contributed by atoms with Gasteiger partial charge in [0.1, 0.15) is 0 Å². The first-order valence-corrected chi connectivity index (χ1v) is 1.25. The zero-order valence-electron chi connectivity index (χ0n) is 3.16. The molecule has 0 bridgehead atoms. The van der Waals surface area contributed by atoms with Crippen LogP contribution in [0.1, 0.15) is 6.92 Å². The average Bonchev–Trinajstić information content (AvgIpc) is 1.37. The van der Waals surface area contributed by atoms with Gasteiger partial charge in [0.25, 0.3) is 0 Å². The molecule has 0 heterocycles. The molecule has 0 amide bonds. The molecule has 0 aliphatic rings. The summed E-state index contributed by atoms with van der Waals surface area (Å²) in [5, 5.41) is 0. The zero-order valence-corrected chi connectivity index (χ0v) is 3.16. The lowest BCUT2D eigenvalue weighted by Crippen LogP contribution is -1.93. The summed E-state index contributed by atoms with van der Waals surface area (Å²) in [6.45, 7) is 2.10. The third-order valence-electron chi connectivity index (χ3n) is 0.134. The summed E-state index contributed by atoms with van der Waals surface area (Å²) in [5.41, 5.74) is 1.43. The minimum absolute atomic E-state index is 0. The van der Waals surface area contributed by atoms with Crippen molar-refractivity contribution >= 4 is 8.41 Å². The molecule has 1 N–H and O–H groups in total. The quantitative estimate of drug-likeness (QED) is 0.343. The van der Waals surface area contributed by atoms with E-state index in [2.05, 4.69) is 0 Å². The Balaban J connectivity index is 0. The molecule has 29 valence electrons. The lowest BCUT2D eigenvalue weighted by molar-refractivity contribution is 0.346. The molecule has 0 aromatic carbocycles. The number of hydrogen-bond donors (Lipinski definition) is 1. The summed E-state index contributed by atoms with van der Waals surface area (Å²) < 4.78 is 10.5. The fourth-order valence-corrected chi connectivity index (χ4v) is 0. The Morgan fingerprint density at radius 1 is 1.80 bits per heavy atom. The largest absolute Gasteiger partial charge is 0.160 e. The molecular formula is C2H6BFN. The molecule has 0 aliphatic carbocycles. The van der Waals surface area contributed by atoms with Crippen LogP contribution in [0.3, 0.4) is 0 Å². The molecule has 0 spiro atoms. The summed E-state index contributed by atoms with van der Waals surface area (Å²) in [6, 6.07) is 0. The van der Waals surface area contributed by atoms with Gasteiger partial charge in [0.15, 0.2) is 0 Å². The van der Waals surface area contributed by atoms with Gasteiger partial charge in [-0.1, -0.05) is 6.92 Å². The van der Waals surface area contributed by atoms with Crippen molar-refractivity contribution in [2.75, 3.05) is 6.54 Å². The smallest absolute Gasteiger partial charge is 0.0231 e. The van der Waals surface area contributed by atoms with Crippen molar-refractivity contribution in [3.05, 3.63) is 0 Å². The van der Waals surface area contributed by atoms with E-state index >= 15 is 0 Å². The van der Waals surface area contributed by atoms with Gasteiger partial charge in [-0.3, -0.25) is 0 Å². The van der Waals surface area contributed by atoms with E-state index in [1.54, 1.807) is 6.92 Å². The molecule has 5 heavy (non-hydrogen) atoms. The Hall–Kier alpha value is -0.0451. The van der Waals surface area contributed by atoms with Gasteiger partial charge < -0.3 is 0 Å². The second kappa shape index (κ2) is 9.04. The van der Waals surface area contributed by atoms with E-state index in [1.165, 1.54) is 5.54 Å². The summed E-state index contributed by atoms with van der Waals surface area (Å²) in [7, 11) is 0. The first kappa shape index (κ1) is 8.88. The van der Waals surface area contributed by atoms with Crippen molar-refractivity contribution in [3.8, 4) is 0 Å². The van der Waals surface area contributed by atoms with E-state index in [9.17, 15) is 4.48 Å². The van der Waals surface area contributed by atoms with Crippen molar-refractivity contribution in [2.45, 2.75) is 6.92 Å². The lowest BCUT2D eigenvalue weighted by Gasteiger charge is -1.70. The highest BCUT2D eigenvalue weighted by molar-refractivity contribution is 5.75. The van der Waals surface area contributed by atoms with Gasteiger partial charge in [-0.15, -0.1) is 4.48 Å². The lowest BCUT2D eigenvalue weighted by atomic mass is 10.8. The van der Waals surface area contributed by atoms with E-state index in [0.717, 1.165) is 0 Å². The van der Waals surface area contributed by atoms with Crippen molar-refractivity contribution in [3.63, 3.8) is 0 Å². The summed E-state index contributed by atoms with van der Waals surface area (Å²) in [4.78, 5) is 0. The molecule has 0 fully saturated rings. The maximum Gasteiger partial charge on any atom is 0.0231 e. The minimum Gasteiger partial charge on any atom is -0.160 e. The van der Waals surface area contributed by atoms with Crippen LogP contribution in [0.4, 0.5) is 4.48 Å². The Morgan fingerprint density at radius 2 is 2.00 bits per heavy atom. The summed E-state index contributed by atoms with van der Waals surface area (Å²) >= 11 is 0. The molecule has 0 aromatic heterocycles. The number of halogens is 1. The van der Waals surface area contributed by atoms with Gasteiger partial charge in [0.2, 0.25) is 0 Å². The van der Waals surface area contributed by atoms with Crippen molar-refractivity contribution in [2.24, 2.45) is 0 Å². The Morgan fingerprint density at radius 3 is 2.00 bits per heavy atom. The Bertz CT molecular complexity index is 11.6. The van der Waals surface area contributed by atoms with Gasteiger partial charge >= 0.3 is 0 Å². The summed E-state index contributed by atoms with van der Waals surface area (Å²) in [5.74, 6) is 0. The third-order valence-corrected chi connectivity index (χ3v) is 0.134. The molecule has 0 unspecified atom stereocenters. The first-order valence-electron chi connectivity index (χ1n) is 1.25. The first-order chi connectivity index (χ1) is 1.91. The normalized spacial score (nSPS) is 6.00. The van der Waals surface area contributed by atoms with Crippen molar-refractivity contribution in [1.82, 2.24) is 5.54 Å². The van der Waals surface area contributed by atoms with Gasteiger partial charge in [0.05, 0.1) is 0 Å². The fraction of sp³-hybridized carbons (Fsp3) is 1.00. The monoisotopic (exact) mass is 74.1 g/mol. The van der Waals surface area contributed by atoms with Crippen LogP contribution in [0.15, 0.2) is 0 Å². The molecule has 0 rings (SSSR count). The molecule has 0 aromatic rings. The van der Waals surface area contributed by atoms with Crippen LogP contribution in [0.25, 0.3) is 0 Å². The SMILES string of the molecule is CCNF.[B]. The van der Waals surface area contributed by atoms with E-state index in [-0.39, 0.29) is 8.41 Å². The molecular weight excluding hydrogens is 67.8 g/mol. The maximum absolute atomic E-state index is 10.5. The predicted molar refractivity (Wildman–Crippen MR) is 20.5 cm³/mol. The predicted octanol–water partition coefficient (Wildman–Crippen LogP) is 0.0996. The minimum atomic E-state index is 0. The van der Waals surface area contributed by atoms with E-state index in [1.807, 2.05) is 0 Å². The highest BCUT2D eigenvalue weighted by Crippen LogP contribution is 1.44. The fourth-order valence-electron chi connectivity index (χ4n) is 0. The van der Waals surface area contributed by atoms with E-state index in [0.29, 0.717) is 6.54 Å². The molecule has 0 saturated carbocycles. The molecule has 3 heteroatoms.